The van der Waals surface area contributed by atoms with Gasteiger partial charge in [-0.15, -0.1) is 0 Å². The van der Waals surface area contributed by atoms with E-state index < -0.39 is 0 Å². The quantitative estimate of drug-likeness (QED) is 0.854. The number of ether oxygens (including phenoxy) is 1. The molecule has 0 aliphatic rings. The Morgan fingerprint density at radius 1 is 1.40 bits per heavy atom. The van der Waals surface area contributed by atoms with Crippen LogP contribution in [0.5, 0.6) is 5.75 Å². The topological polar surface area (TPSA) is 27.1 Å². The Kier molecular flexibility index (Phi) is 3.06. The Hall–Kier alpha value is -1.29. The van der Waals surface area contributed by atoms with Gasteiger partial charge in [-0.1, -0.05) is 18.2 Å². The lowest BCUT2D eigenvalue weighted by molar-refractivity contribution is 0.407. The monoisotopic (exact) mass is 266 g/mol. The molecule has 0 spiro atoms. The molecule has 78 valence electrons. The van der Waals surface area contributed by atoms with Gasteiger partial charge in [-0.05, 0) is 22.0 Å². The first-order valence-electron chi connectivity index (χ1n) is 4.59. The highest BCUT2D eigenvalue weighted by Crippen LogP contribution is 2.18. The summed E-state index contributed by atoms with van der Waals surface area (Å²) in [6.07, 6.45) is 3.71. The lowest BCUT2D eigenvalue weighted by Gasteiger charge is -2.07. The number of halogens is 1. The minimum Gasteiger partial charge on any atom is -0.496 e. The summed E-state index contributed by atoms with van der Waals surface area (Å²) in [4.78, 5) is 0. The van der Waals surface area contributed by atoms with E-state index in [1.54, 1.807) is 13.3 Å². The molecule has 0 saturated carbocycles. The summed E-state index contributed by atoms with van der Waals surface area (Å²) < 4.78 is 8.12. The van der Waals surface area contributed by atoms with Gasteiger partial charge in [-0.2, -0.15) is 5.10 Å². The molecule has 1 heterocycles. The zero-order chi connectivity index (χ0) is 10.7. The maximum Gasteiger partial charge on any atom is 0.123 e. The number of aromatic nitrogens is 2. The van der Waals surface area contributed by atoms with E-state index in [4.69, 9.17) is 4.74 Å². The van der Waals surface area contributed by atoms with E-state index in [0.29, 0.717) is 0 Å². The molecule has 0 saturated heterocycles. The number of nitrogens with zero attached hydrogens (tertiary/aromatic N) is 2. The zero-order valence-electron chi connectivity index (χ0n) is 8.35. The van der Waals surface area contributed by atoms with Crippen molar-refractivity contribution in [2.45, 2.75) is 6.54 Å². The third-order valence-electron chi connectivity index (χ3n) is 2.13. The molecule has 0 aliphatic heterocycles. The van der Waals surface area contributed by atoms with Crippen molar-refractivity contribution in [3.63, 3.8) is 0 Å². The van der Waals surface area contributed by atoms with Crippen molar-refractivity contribution >= 4 is 15.9 Å². The lowest BCUT2D eigenvalue weighted by Crippen LogP contribution is -2.01. The van der Waals surface area contributed by atoms with Gasteiger partial charge in [0.2, 0.25) is 0 Å². The standard InChI is InChI=1S/C11H11BrN2O/c1-15-11-5-3-2-4-9(11)7-14-8-10(12)6-13-14/h2-6,8H,7H2,1H3. The highest BCUT2D eigenvalue weighted by atomic mass is 79.9. The van der Waals surface area contributed by atoms with Crippen LogP contribution in [0.1, 0.15) is 5.56 Å². The fraction of sp³-hybridized carbons (Fsp3) is 0.182. The van der Waals surface area contributed by atoms with E-state index in [0.717, 1.165) is 22.3 Å². The maximum atomic E-state index is 5.27. The number of para-hydroxylation sites is 1. The van der Waals surface area contributed by atoms with E-state index in [1.165, 1.54) is 0 Å². The Morgan fingerprint density at radius 3 is 2.87 bits per heavy atom. The van der Waals surface area contributed by atoms with Gasteiger partial charge in [0.25, 0.3) is 0 Å². The molecule has 2 rings (SSSR count). The van der Waals surface area contributed by atoms with Gasteiger partial charge in [0.15, 0.2) is 0 Å². The SMILES string of the molecule is COc1ccccc1Cn1cc(Br)cn1. The van der Waals surface area contributed by atoms with E-state index >= 15 is 0 Å². The molecule has 1 aromatic heterocycles. The summed E-state index contributed by atoms with van der Waals surface area (Å²) >= 11 is 3.37. The number of methoxy groups -OCH3 is 1. The van der Waals surface area contributed by atoms with Crippen molar-refractivity contribution in [2.24, 2.45) is 0 Å². The number of benzene rings is 1. The van der Waals surface area contributed by atoms with Crippen molar-refractivity contribution in [3.8, 4) is 5.75 Å². The van der Waals surface area contributed by atoms with Gasteiger partial charge < -0.3 is 4.74 Å². The highest BCUT2D eigenvalue weighted by Gasteiger charge is 2.03. The second-order valence-corrected chi connectivity index (χ2v) is 4.08. The van der Waals surface area contributed by atoms with Crippen molar-refractivity contribution in [2.75, 3.05) is 7.11 Å². The summed E-state index contributed by atoms with van der Waals surface area (Å²) in [5.41, 5.74) is 1.12. The van der Waals surface area contributed by atoms with Crippen LogP contribution in [0.4, 0.5) is 0 Å². The van der Waals surface area contributed by atoms with E-state index in [-0.39, 0.29) is 0 Å². The van der Waals surface area contributed by atoms with Gasteiger partial charge in [-0.25, -0.2) is 0 Å². The number of hydrogen-bond acceptors (Lipinski definition) is 2. The van der Waals surface area contributed by atoms with Crippen molar-refractivity contribution in [3.05, 3.63) is 46.7 Å². The normalized spacial score (nSPS) is 10.3. The first-order valence-corrected chi connectivity index (χ1v) is 5.39. The minimum atomic E-state index is 0.718. The van der Waals surface area contributed by atoms with Crippen LogP contribution in [0.15, 0.2) is 41.1 Å². The van der Waals surface area contributed by atoms with Gasteiger partial charge in [0.05, 0.1) is 24.3 Å². The van der Waals surface area contributed by atoms with Crippen LogP contribution < -0.4 is 4.74 Å². The van der Waals surface area contributed by atoms with Crippen LogP contribution in [0.3, 0.4) is 0 Å². The summed E-state index contributed by atoms with van der Waals surface area (Å²) in [5, 5.41) is 4.20. The molecule has 0 bridgehead atoms. The van der Waals surface area contributed by atoms with E-state index in [2.05, 4.69) is 21.0 Å². The molecule has 2 aromatic rings. The Balaban J connectivity index is 2.23. The maximum absolute atomic E-state index is 5.27. The fourth-order valence-corrected chi connectivity index (χ4v) is 1.76. The summed E-state index contributed by atoms with van der Waals surface area (Å²) in [7, 11) is 1.68. The van der Waals surface area contributed by atoms with Gasteiger partial charge in [-0.3, -0.25) is 4.68 Å². The van der Waals surface area contributed by atoms with Crippen LogP contribution >= 0.6 is 15.9 Å². The number of hydrogen-bond donors (Lipinski definition) is 0. The Morgan fingerprint density at radius 2 is 2.20 bits per heavy atom. The second kappa shape index (κ2) is 4.49. The van der Waals surface area contributed by atoms with Crippen LogP contribution in [0.25, 0.3) is 0 Å². The molecule has 0 atom stereocenters. The molecule has 0 aliphatic carbocycles. The molecule has 0 fully saturated rings. The molecule has 0 N–H and O–H groups in total. The molecule has 15 heavy (non-hydrogen) atoms. The molecule has 4 heteroatoms. The first-order chi connectivity index (χ1) is 7.29. The zero-order valence-corrected chi connectivity index (χ0v) is 9.94. The van der Waals surface area contributed by atoms with E-state index in [1.807, 2.05) is 35.1 Å². The third-order valence-corrected chi connectivity index (χ3v) is 2.54. The van der Waals surface area contributed by atoms with Crippen LogP contribution in [-0.4, -0.2) is 16.9 Å². The second-order valence-electron chi connectivity index (χ2n) is 3.17. The van der Waals surface area contributed by atoms with Gasteiger partial charge in [0, 0.05) is 11.8 Å². The Labute approximate surface area is 96.8 Å². The van der Waals surface area contributed by atoms with Crippen molar-refractivity contribution in [1.82, 2.24) is 9.78 Å². The lowest BCUT2D eigenvalue weighted by atomic mass is 10.2. The molecule has 3 nitrogen and oxygen atoms in total. The predicted molar refractivity (Wildman–Crippen MR) is 62.0 cm³/mol. The highest BCUT2D eigenvalue weighted by molar-refractivity contribution is 9.10. The van der Waals surface area contributed by atoms with Gasteiger partial charge >= 0.3 is 0 Å². The van der Waals surface area contributed by atoms with E-state index in [9.17, 15) is 0 Å². The molecule has 0 amide bonds. The smallest absolute Gasteiger partial charge is 0.123 e. The van der Waals surface area contributed by atoms with Crippen molar-refractivity contribution < 1.29 is 4.74 Å². The number of rotatable bonds is 3. The summed E-state index contributed by atoms with van der Waals surface area (Å²) in [6, 6.07) is 7.94. The Bertz CT molecular complexity index is 453. The fourth-order valence-electron chi connectivity index (χ4n) is 1.43. The van der Waals surface area contributed by atoms with Crippen LogP contribution in [0.2, 0.25) is 0 Å². The third kappa shape index (κ3) is 2.39. The van der Waals surface area contributed by atoms with Crippen LogP contribution in [-0.2, 0) is 6.54 Å². The average Bonchev–Trinajstić information content (AvgIpc) is 2.65. The summed E-state index contributed by atoms with van der Waals surface area (Å²) in [6.45, 7) is 0.718. The molecular formula is C11H11BrN2O. The van der Waals surface area contributed by atoms with Crippen LogP contribution in [0, 0.1) is 0 Å². The minimum absolute atomic E-state index is 0.718. The molecule has 1 aromatic carbocycles. The largest absolute Gasteiger partial charge is 0.496 e. The summed E-state index contributed by atoms with van der Waals surface area (Å²) in [5.74, 6) is 0.893. The molecular weight excluding hydrogens is 256 g/mol. The van der Waals surface area contributed by atoms with Gasteiger partial charge in [0.1, 0.15) is 5.75 Å². The molecule has 0 radical (unpaired) electrons. The van der Waals surface area contributed by atoms with Crippen molar-refractivity contribution in [1.29, 1.82) is 0 Å². The predicted octanol–water partition coefficient (Wildman–Crippen LogP) is 2.70. The average molecular weight is 267 g/mol. The molecule has 0 unspecified atom stereocenters. The first kappa shape index (κ1) is 10.2.